The van der Waals surface area contributed by atoms with E-state index in [-0.39, 0.29) is 23.3 Å². The Morgan fingerprint density at radius 3 is 1.29 bits per heavy atom. The van der Waals surface area contributed by atoms with Gasteiger partial charge in [0.15, 0.2) is 23.0 Å². The molecule has 0 amide bonds. The molecule has 4 aromatic rings. The van der Waals surface area contributed by atoms with Gasteiger partial charge in [-0.25, -0.2) is 0 Å². The molecule has 0 saturated heterocycles. The Kier molecular flexibility index (Phi) is 6.62. The van der Waals surface area contributed by atoms with E-state index in [2.05, 4.69) is 12.1 Å². The van der Waals surface area contributed by atoms with Crippen LogP contribution in [-0.2, 0) is 9.47 Å². The molecule has 0 aliphatic carbocycles. The molecular weight excluding hydrogens is 536 g/mol. The summed E-state index contributed by atoms with van der Waals surface area (Å²) in [6.45, 7) is 12.3. The van der Waals surface area contributed by atoms with E-state index in [1.807, 2.05) is 41.5 Å². The molecule has 0 radical (unpaired) electrons. The second-order valence-electron chi connectivity index (χ2n) is 11.7. The van der Waals surface area contributed by atoms with Crippen molar-refractivity contribution < 1.29 is 38.6 Å². The molecule has 8 heteroatoms. The number of ether oxygens (including phenoxy) is 6. The summed E-state index contributed by atoms with van der Waals surface area (Å²) in [4.78, 5) is 0. The summed E-state index contributed by atoms with van der Waals surface area (Å²) in [6.07, 6.45) is -1.54. The summed E-state index contributed by atoms with van der Waals surface area (Å²) in [5, 5.41) is 26.2. The Hall–Kier alpha value is -3.88. The molecule has 8 nitrogen and oxygen atoms in total. The van der Waals surface area contributed by atoms with Gasteiger partial charge in [-0.1, -0.05) is 39.8 Å². The predicted molar refractivity (Wildman–Crippen MR) is 162 cm³/mol. The van der Waals surface area contributed by atoms with Gasteiger partial charge in [0.05, 0.1) is 25.3 Å². The minimum absolute atomic E-state index is 0.0237. The molecule has 4 aromatic carbocycles. The van der Waals surface area contributed by atoms with Crippen molar-refractivity contribution in [3.05, 3.63) is 45.5 Å². The number of hydrogen-bond acceptors (Lipinski definition) is 8. The number of aryl methyl sites for hydroxylation is 2. The molecule has 222 valence electrons. The first kappa shape index (κ1) is 28.2. The third-order valence-electron chi connectivity index (χ3n) is 8.67. The van der Waals surface area contributed by atoms with E-state index in [0.29, 0.717) is 34.1 Å². The quantitative estimate of drug-likeness (QED) is 0.229. The zero-order chi connectivity index (χ0) is 30.4. The van der Waals surface area contributed by atoms with Gasteiger partial charge in [-0.15, -0.1) is 0 Å². The first-order chi connectivity index (χ1) is 20.0. The number of rotatable bonds is 7. The maximum Gasteiger partial charge on any atom is 0.231 e. The lowest BCUT2D eigenvalue weighted by Crippen LogP contribution is -2.07. The van der Waals surface area contributed by atoms with Crippen molar-refractivity contribution in [2.45, 2.75) is 66.0 Å². The summed E-state index contributed by atoms with van der Waals surface area (Å²) >= 11 is 0. The number of benzene rings is 4. The van der Waals surface area contributed by atoms with Gasteiger partial charge in [-0.2, -0.15) is 0 Å². The van der Waals surface area contributed by atoms with Crippen molar-refractivity contribution in [1.82, 2.24) is 0 Å². The summed E-state index contributed by atoms with van der Waals surface area (Å²) in [6, 6.07) is 4.20. The topological polar surface area (TPSA) is 95.8 Å². The first-order valence-corrected chi connectivity index (χ1v) is 14.2. The molecule has 0 saturated carbocycles. The lowest BCUT2D eigenvalue weighted by molar-refractivity contribution is -0.0492. The molecule has 6 rings (SSSR count). The highest BCUT2D eigenvalue weighted by atomic mass is 16.7. The highest BCUT2D eigenvalue weighted by Crippen LogP contribution is 2.61. The Bertz CT molecular complexity index is 1650. The van der Waals surface area contributed by atoms with Gasteiger partial charge in [0, 0.05) is 47.2 Å². The van der Waals surface area contributed by atoms with Crippen molar-refractivity contribution in [2.75, 3.05) is 28.4 Å². The van der Waals surface area contributed by atoms with Crippen molar-refractivity contribution in [1.29, 1.82) is 0 Å². The number of hydrogen-bond donors (Lipinski definition) is 2. The molecule has 0 fully saturated rings. The molecule has 0 aromatic heterocycles. The van der Waals surface area contributed by atoms with Gasteiger partial charge >= 0.3 is 0 Å². The van der Waals surface area contributed by atoms with Crippen LogP contribution in [0.15, 0.2) is 12.1 Å². The molecule has 42 heavy (non-hydrogen) atoms. The van der Waals surface area contributed by atoms with Gasteiger partial charge < -0.3 is 38.6 Å². The summed E-state index contributed by atoms with van der Waals surface area (Å²) in [7, 11) is 6.25. The number of phenols is 2. The van der Waals surface area contributed by atoms with Crippen LogP contribution < -0.4 is 18.9 Å². The van der Waals surface area contributed by atoms with Crippen LogP contribution in [0.1, 0.15) is 85.5 Å². The van der Waals surface area contributed by atoms with Gasteiger partial charge in [0.1, 0.15) is 11.5 Å². The average Bonchev–Trinajstić information content (AvgIpc) is 3.50. The smallest absolute Gasteiger partial charge is 0.231 e. The van der Waals surface area contributed by atoms with Gasteiger partial charge in [-0.05, 0) is 47.6 Å². The fraction of sp³-hybridized carbons (Fsp3) is 0.412. The first-order valence-electron chi connectivity index (χ1n) is 14.2. The number of aromatic hydroxyl groups is 2. The molecule has 2 aliphatic heterocycles. The lowest BCUT2D eigenvalue weighted by Gasteiger charge is -2.21. The molecule has 2 heterocycles. The SMILES string of the molecule is COc1c(O)c(C(C)C)c2cc(C)c(-c3c(C)cc4c(C(C)C)c(O)c(OC)c5c4c3O[C@@H]5OC)c3c2c1[C@H](OC)O3. The summed E-state index contributed by atoms with van der Waals surface area (Å²) < 4.78 is 36.2. The van der Waals surface area contributed by atoms with E-state index in [1.165, 1.54) is 0 Å². The third-order valence-corrected chi connectivity index (χ3v) is 8.67. The maximum absolute atomic E-state index is 11.3. The Labute approximate surface area is 245 Å². The van der Waals surface area contributed by atoms with Crippen molar-refractivity contribution >= 4 is 21.5 Å². The molecule has 2 N–H and O–H groups in total. The molecule has 0 bridgehead atoms. The fourth-order valence-electron chi connectivity index (χ4n) is 7.07. The standard InChI is InChI=1S/C34H38O8/c1-13(2)19-17-11-15(5)21(29-23(17)25(33(39-9)41-29)31(37-7)27(19)35)22-16(6)12-18-20(14(3)4)28(36)32(38-8)26-24(18)30(22)42-34(26)40-10/h11-14,33-36H,1-10H3/t33-,34+. The monoisotopic (exact) mass is 574 g/mol. The predicted octanol–water partition coefficient (Wildman–Crippen LogP) is 8.03. The van der Waals surface area contributed by atoms with Crippen molar-refractivity contribution in [3.8, 4) is 45.6 Å². The number of phenolic OH excluding ortho intramolecular Hbond substituents is 2. The second kappa shape index (κ2) is 9.85. The van der Waals surface area contributed by atoms with Crippen LogP contribution in [0.25, 0.3) is 32.7 Å². The summed E-state index contributed by atoms with van der Waals surface area (Å²) in [5.41, 5.74) is 6.53. The van der Waals surface area contributed by atoms with E-state index < -0.39 is 12.6 Å². The van der Waals surface area contributed by atoms with E-state index >= 15 is 0 Å². The Balaban J connectivity index is 1.79. The highest BCUT2D eigenvalue weighted by molar-refractivity contribution is 6.10. The van der Waals surface area contributed by atoms with Crippen LogP contribution >= 0.6 is 0 Å². The lowest BCUT2D eigenvalue weighted by atomic mass is 9.84. The van der Waals surface area contributed by atoms with E-state index in [1.54, 1.807) is 28.4 Å². The van der Waals surface area contributed by atoms with E-state index in [0.717, 1.165) is 54.9 Å². The van der Waals surface area contributed by atoms with Crippen LogP contribution in [0.4, 0.5) is 0 Å². The molecule has 2 atom stereocenters. The van der Waals surface area contributed by atoms with Crippen LogP contribution in [0, 0.1) is 13.8 Å². The summed E-state index contributed by atoms with van der Waals surface area (Å²) in [5.74, 6) is 2.25. The van der Waals surface area contributed by atoms with Crippen LogP contribution in [0.2, 0.25) is 0 Å². The van der Waals surface area contributed by atoms with Crippen LogP contribution in [0.3, 0.4) is 0 Å². The normalized spacial score (nSPS) is 17.0. The largest absolute Gasteiger partial charge is 0.504 e. The second-order valence-corrected chi connectivity index (χ2v) is 11.7. The highest BCUT2D eigenvalue weighted by Gasteiger charge is 2.41. The molecule has 0 spiro atoms. The van der Waals surface area contributed by atoms with Gasteiger partial charge in [0.25, 0.3) is 0 Å². The van der Waals surface area contributed by atoms with Crippen molar-refractivity contribution in [3.63, 3.8) is 0 Å². The minimum atomic E-state index is -0.771. The molecular formula is C34H38O8. The average molecular weight is 575 g/mol. The van der Waals surface area contributed by atoms with Crippen LogP contribution in [0.5, 0.6) is 34.5 Å². The Morgan fingerprint density at radius 2 is 1.00 bits per heavy atom. The van der Waals surface area contributed by atoms with Gasteiger partial charge in [-0.3, -0.25) is 0 Å². The maximum atomic E-state index is 11.3. The minimum Gasteiger partial charge on any atom is -0.504 e. The third kappa shape index (κ3) is 3.54. The fourth-order valence-corrected chi connectivity index (χ4v) is 7.07. The van der Waals surface area contributed by atoms with Crippen molar-refractivity contribution in [2.24, 2.45) is 0 Å². The van der Waals surface area contributed by atoms with Gasteiger partial charge in [0.2, 0.25) is 12.6 Å². The Morgan fingerprint density at radius 1 is 0.643 bits per heavy atom. The zero-order valence-corrected chi connectivity index (χ0v) is 25.8. The zero-order valence-electron chi connectivity index (χ0n) is 25.8. The van der Waals surface area contributed by atoms with E-state index in [9.17, 15) is 10.2 Å². The molecule has 2 aliphatic rings. The molecule has 0 unspecified atom stereocenters. The van der Waals surface area contributed by atoms with E-state index in [4.69, 9.17) is 28.4 Å². The number of methoxy groups -OCH3 is 4. The van der Waals surface area contributed by atoms with Crippen LogP contribution in [-0.4, -0.2) is 38.7 Å².